The maximum atomic E-state index is 12.2. The summed E-state index contributed by atoms with van der Waals surface area (Å²) in [5.41, 5.74) is 1.12. The van der Waals surface area contributed by atoms with E-state index in [-0.39, 0.29) is 17.4 Å². The average molecular weight is 274 g/mol. The lowest BCUT2D eigenvalue weighted by atomic mass is 9.40. The first kappa shape index (κ1) is 13.9. The van der Waals surface area contributed by atoms with Crippen LogP contribution in [-0.2, 0) is 4.79 Å². The van der Waals surface area contributed by atoms with Crippen LogP contribution in [0.5, 0.6) is 0 Å². The molecule has 4 rings (SSSR count). The molecular weight excluding hydrogens is 248 g/mol. The number of carbonyl (C=O) groups is 1. The molecule has 0 aromatic rings. The number of amides is 1. The molecule has 3 unspecified atom stereocenters. The van der Waals surface area contributed by atoms with Gasteiger partial charge in [0.1, 0.15) is 6.04 Å². The molecule has 0 spiro atoms. The van der Waals surface area contributed by atoms with Crippen LogP contribution in [-0.4, -0.2) is 11.9 Å². The van der Waals surface area contributed by atoms with E-state index in [9.17, 15) is 4.79 Å². The predicted octanol–water partition coefficient (Wildman–Crippen LogP) is 3.40. The van der Waals surface area contributed by atoms with Crippen molar-refractivity contribution < 1.29 is 4.79 Å². The van der Waals surface area contributed by atoms with Crippen molar-refractivity contribution >= 4 is 5.91 Å². The van der Waals surface area contributed by atoms with Crippen molar-refractivity contribution in [3.63, 3.8) is 0 Å². The number of rotatable bonds is 3. The maximum absolute atomic E-state index is 12.2. The van der Waals surface area contributed by atoms with Gasteiger partial charge in [-0.1, -0.05) is 13.8 Å². The Kier molecular flexibility index (Phi) is 2.94. The van der Waals surface area contributed by atoms with Gasteiger partial charge in [-0.05, 0) is 67.6 Å². The number of hydrogen-bond donors (Lipinski definition) is 1. The zero-order chi connectivity index (χ0) is 14.6. The first-order valence-corrected chi connectivity index (χ1v) is 7.95. The molecule has 4 saturated carbocycles. The summed E-state index contributed by atoms with van der Waals surface area (Å²) < 4.78 is 0. The second-order valence-electron chi connectivity index (χ2n) is 8.73. The Balaban J connectivity index is 1.76. The van der Waals surface area contributed by atoms with Gasteiger partial charge in [0.05, 0.1) is 6.07 Å². The van der Waals surface area contributed by atoms with E-state index in [0.29, 0.717) is 17.3 Å². The molecule has 3 nitrogen and oxygen atoms in total. The van der Waals surface area contributed by atoms with E-state index in [2.05, 4.69) is 25.2 Å². The maximum Gasteiger partial charge on any atom is 0.221 e. The second kappa shape index (κ2) is 4.23. The minimum atomic E-state index is -0.373. The highest BCUT2D eigenvalue weighted by atomic mass is 16.1. The van der Waals surface area contributed by atoms with Crippen molar-refractivity contribution in [2.45, 2.75) is 71.8 Å². The van der Waals surface area contributed by atoms with Gasteiger partial charge in [-0.3, -0.25) is 4.79 Å². The molecule has 0 aromatic carbocycles. The summed E-state index contributed by atoms with van der Waals surface area (Å²) in [4.78, 5) is 12.2. The van der Waals surface area contributed by atoms with Crippen LogP contribution in [0.3, 0.4) is 0 Å². The van der Waals surface area contributed by atoms with Crippen LogP contribution in [0, 0.1) is 33.5 Å². The third-order valence-corrected chi connectivity index (χ3v) is 5.85. The van der Waals surface area contributed by atoms with Crippen LogP contribution < -0.4 is 5.32 Å². The van der Waals surface area contributed by atoms with Crippen LogP contribution in [0.2, 0.25) is 0 Å². The summed E-state index contributed by atoms with van der Waals surface area (Å²) >= 11 is 0. The minimum absolute atomic E-state index is 0.0770. The number of nitriles is 1. The van der Waals surface area contributed by atoms with Crippen LogP contribution in [0.15, 0.2) is 0 Å². The normalized spacial score (nSPS) is 46.8. The summed E-state index contributed by atoms with van der Waals surface area (Å²) in [6, 6.07) is 1.71. The first-order valence-electron chi connectivity index (χ1n) is 7.95. The smallest absolute Gasteiger partial charge is 0.221 e. The van der Waals surface area contributed by atoms with Gasteiger partial charge in [0.25, 0.3) is 0 Å². The Morgan fingerprint density at radius 1 is 1.25 bits per heavy atom. The van der Waals surface area contributed by atoms with Crippen LogP contribution in [0.25, 0.3) is 0 Å². The van der Waals surface area contributed by atoms with Crippen LogP contribution in [0.1, 0.15) is 65.7 Å². The molecule has 0 heterocycles. The van der Waals surface area contributed by atoms with Gasteiger partial charge < -0.3 is 5.32 Å². The zero-order valence-corrected chi connectivity index (χ0v) is 13.0. The number of nitrogens with zero attached hydrogens (tertiary/aromatic N) is 1. The highest BCUT2D eigenvalue weighted by Gasteiger charge is 2.60. The Morgan fingerprint density at radius 2 is 1.85 bits per heavy atom. The van der Waals surface area contributed by atoms with E-state index in [1.165, 1.54) is 38.5 Å². The SMILES string of the molecule is CC(C#N)NC(=O)CC12CC3CC(C)(CC(C)(C3)C1)C2. The van der Waals surface area contributed by atoms with Gasteiger partial charge >= 0.3 is 0 Å². The Hall–Kier alpha value is -1.04. The molecule has 1 N–H and O–H groups in total. The third kappa shape index (κ3) is 2.34. The third-order valence-electron chi connectivity index (χ3n) is 5.85. The summed E-state index contributed by atoms with van der Waals surface area (Å²) in [5, 5.41) is 11.7. The molecule has 0 saturated heterocycles. The zero-order valence-electron chi connectivity index (χ0n) is 13.0. The second-order valence-corrected chi connectivity index (χ2v) is 8.73. The largest absolute Gasteiger partial charge is 0.341 e. The fourth-order valence-electron chi connectivity index (χ4n) is 6.55. The van der Waals surface area contributed by atoms with E-state index < -0.39 is 0 Å². The van der Waals surface area contributed by atoms with Gasteiger partial charge in [0.15, 0.2) is 0 Å². The molecule has 0 radical (unpaired) electrons. The monoisotopic (exact) mass is 274 g/mol. The Bertz CT molecular complexity index is 460. The van der Waals surface area contributed by atoms with E-state index in [4.69, 9.17) is 5.26 Å². The Labute approximate surface area is 122 Å². The van der Waals surface area contributed by atoms with Crippen molar-refractivity contribution in [3.05, 3.63) is 0 Å². The number of nitrogens with one attached hydrogen (secondary N) is 1. The van der Waals surface area contributed by atoms with Gasteiger partial charge in [-0.15, -0.1) is 0 Å². The van der Waals surface area contributed by atoms with Gasteiger partial charge in [-0.2, -0.15) is 5.26 Å². The quantitative estimate of drug-likeness (QED) is 0.857. The van der Waals surface area contributed by atoms with E-state index in [1.54, 1.807) is 6.92 Å². The summed E-state index contributed by atoms with van der Waals surface area (Å²) in [5.74, 6) is 0.899. The molecule has 3 atom stereocenters. The van der Waals surface area contributed by atoms with Crippen molar-refractivity contribution in [2.75, 3.05) is 0 Å². The highest BCUT2D eigenvalue weighted by Crippen LogP contribution is 2.70. The highest BCUT2D eigenvalue weighted by molar-refractivity contribution is 5.77. The first-order chi connectivity index (χ1) is 9.26. The van der Waals surface area contributed by atoms with Crippen molar-refractivity contribution in [2.24, 2.45) is 22.2 Å². The summed E-state index contributed by atoms with van der Waals surface area (Å²) in [6.07, 6.45) is 8.34. The van der Waals surface area contributed by atoms with Crippen molar-refractivity contribution in [1.82, 2.24) is 5.32 Å². The minimum Gasteiger partial charge on any atom is -0.341 e. The molecule has 0 aromatic heterocycles. The number of carbonyl (C=O) groups excluding carboxylic acids is 1. The molecule has 4 fully saturated rings. The van der Waals surface area contributed by atoms with Crippen molar-refractivity contribution in [3.8, 4) is 6.07 Å². The molecule has 4 aliphatic carbocycles. The lowest BCUT2D eigenvalue weighted by Crippen LogP contribution is -2.56. The molecule has 3 heteroatoms. The Morgan fingerprint density at radius 3 is 2.35 bits per heavy atom. The topological polar surface area (TPSA) is 52.9 Å². The lowest BCUT2D eigenvalue weighted by molar-refractivity contribution is -0.156. The average Bonchev–Trinajstić information content (AvgIpc) is 2.22. The molecule has 20 heavy (non-hydrogen) atoms. The van der Waals surface area contributed by atoms with Crippen LogP contribution in [0.4, 0.5) is 0 Å². The summed E-state index contributed by atoms with van der Waals surface area (Å²) in [7, 11) is 0. The van der Waals surface area contributed by atoms with E-state index >= 15 is 0 Å². The van der Waals surface area contributed by atoms with Gasteiger partial charge in [0.2, 0.25) is 5.91 Å². The number of hydrogen-bond acceptors (Lipinski definition) is 2. The van der Waals surface area contributed by atoms with Gasteiger partial charge in [0, 0.05) is 6.42 Å². The summed E-state index contributed by atoms with van der Waals surface area (Å²) in [6.45, 7) is 6.61. The standard InChI is InChI=1S/C17H26N2O/c1-12(8-18)19-14(20)7-17-6-13-4-15(2,10-17)9-16(3,5-13)11-17/h12-13H,4-7,9-11H2,1-3H3,(H,19,20). The molecule has 1 amide bonds. The van der Waals surface area contributed by atoms with Crippen molar-refractivity contribution in [1.29, 1.82) is 5.26 Å². The molecule has 4 bridgehead atoms. The molecular formula is C17H26N2O. The molecule has 110 valence electrons. The lowest BCUT2D eigenvalue weighted by Gasteiger charge is -2.65. The van der Waals surface area contributed by atoms with Gasteiger partial charge in [-0.25, -0.2) is 0 Å². The fourth-order valence-corrected chi connectivity index (χ4v) is 6.55. The fraction of sp³-hybridized carbons (Fsp3) is 0.882. The van der Waals surface area contributed by atoms with E-state index in [0.717, 1.165) is 5.92 Å². The molecule has 0 aliphatic heterocycles. The van der Waals surface area contributed by atoms with Crippen LogP contribution >= 0.6 is 0 Å². The molecule has 4 aliphatic rings. The van der Waals surface area contributed by atoms with E-state index in [1.807, 2.05) is 0 Å². The predicted molar refractivity (Wildman–Crippen MR) is 77.7 cm³/mol.